The Morgan fingerprint density at radius 2 is 0.483 bits per heavy atom. The Morgan fingerprint density at radius 1 is 0.276 bits per heavy atom. The predicted octanol–water partition coefficient (Wildman–Crippen LogP) is 17.5. The molecule has 58 heavy (non-hydrogen) atoms. The Morgan fingerprint density at radius 3 is 0.741 bits per heavy atom. The highest BCUT2D eigenvalue weighted by atomic mass is 16.2. The summed E-state index contributed by atoms with van der Waals surface area (Å²) in [7, 11) is 0. The molecule has 0 saturated carbocycles. The van der Waals surface area contributed by atoms with Crippen LogP contribution in [0, 0.1) is 0 Å². The third-order valence-corrected chi connectivity index (χ3v) is 12.1. The number of carbonyl (C=O) groups is 2. The van der Waals surface area contributed by atoms with Gasteiger partial charge in [-0.3, -0.25) is 9.59 Å². The van der Waals surface area contributed by atoms with Crippen molar-refractivity contribution in [1.82, 2.24) is 10.6 Å². The molecule has 0 aromatic carbocycles. The largest absolute Gasteiger partial charge is 0.356 e. The number of allylic oxidation sites excluding steroid dienone is 4. The van der Waals surface area contributed by atoms with Crippen LogP contribution in [0.3, 0.4) is 0 Å². The zero-order chi connectivity index (χ0) is 41.9. The van der Waals surface area contributed by atoms with Crippen molar-refractivity contribution in [3.8, 4) is 0 Å². The fourth-order valence-corrected chi connectivity index (χ4v) is 8.07. The molecule has 0 fully saturated rings. The normalized spacial score (nSPS) is 11.7. The molecule has 0 atom stereocenters. The highest BCUT2D eigenvalue weighted by Crippen LogP contribution is 2.15. The van der Waals surface area contributed by atoms with Gasteiger partial charge in [0.25, 0.3) is 0 Å². The first kappa shape index (κ1) is 56.4. The summed E-state index contributed by atoms with van der Waals surface area (Å²) in [6, 6.07) is 0. The lowest BCUT2D eigenvalue weighted by atomic mass is 10.1. The molecule has 342 valence electrons. The van der Waals surface area contributed by atoms with Gasteiger partial charge in [0.2, 0.25) is 11.8 Å². The number of amides is 2. The van der Waals surface area contributed by atoms with Gasteiger partial charge in [0.05, 0.1) is 0 Å². The van der Waals surface area contributed by atoms with Crippen LogP contribution in [0.25, 0.3) is 0 Å². The molecule has 0 aromatic rings. The second-order valence-corrected chi connectivity index (χ2v) is 18.0. The molecule has 0 radical (unpaired) electrons. The second-order valence-electron chi connectivity index (χ2n) is 18.0. The molecular formula is C54H104N2O2. The van der Waals surface area contributed by atoms with E-state index in [2.05, 4.69) is 48.8 Å². The van der Waals surface area contributed by atoms with E-state index < -0.39 is 0 Å². The quantitative estimate of drug-likeness (QED) is 0.0475. The van der Waals surface area contributed by atoms with E-state index in [1.165, 1.54) is 231 Å². The summed E-state index contributed by atoms with van der Waals surface area (Å²) < 4.78 is 0. The van der Waals surface area contributed by atoms with Crippen molar-refractivity contribution in [3.05, 3.63) is 24.3 Å². The van der Waals surface area contributed by atoms with E-state index in [0.717, 1.165) is 51.6 Å². The van der Waals surface area contributed by atoms with Gasteiger partial charge in [-0.05, 0) is 77.0 Å². The lowest BCUT2D eigenvalue weighted by molar-refractivity contribution is -0.122. The standard InChI is InChI=1S/C54H104N2O2/c1-3-5-7-9-11-13-15-17-19-21-23-25-27-29-31-33-35-39-43-47-51-55-53(57)49-45-41-37-38-42-46-50-54(58)56-52-48-44-40-36-34-32-30-28-26-24-22-20-18-16-14-12-10-8-6-4-2/h17-20H,3-16,21-52H2,1-2H3,(H,55,57)(H,56,58)/b19-17-,20-18-. The molecule has 0 aliphatic heterocycles. The maximum absolute atomic E-state index is 12.2. The first-order valence-electron chi connectivity index (χ1n) is 26.5. The number of hydrogen-bond donors (Lipinski definition) is 2. The fraction of sp³-hybridized carbons (Fsp3) is 0.889. The van der Waals surface area contributed by atoms with E-state index >= 15 is 0 Å². The average Bonchev–Trinajstić information content (AvgIpc) is 3.22. The third kappa shape index (κ3) is 50.6. The van der Waals surface area contributed by atoms with Gasteiger partial charge in [-0.2, -0.15) is 0 Å². The van der Waals surface area contributed by atoms with Crippen LogP contribution in [0.5, 0.6) is 0 Å². The zero-order valence-electron chi connectivity index (χ0n) is 39.7. The minimum absolute atomic E-state index is 0.225. The Kier molecular flexibility index (Phi) is 50.2. The van der Waals surface area contributed by atoms with E-state index in [9.17, 15) is 9.59 Å². The van der Waals surface area contributed by atoms with Crippen molar-refractivity contribution in [1.29, 1.82) is 0 Å². The summed E-state index contributed by atoms with van der Waals surface area (Å²) in [6.07, 6.45) is 66.0. The Labute approximate surface area is 364 Å². The minimum atomic E-state index is 0.225. The Bertz CT molecular complexity index is 797. The molecule has 0 aliphatic carbocycles. The maximum Gasteiger partial charge on any atom is 0.219 e. The number of nitrogens with one attached hydrogen (secondary N) is 2. The zero-order valence-corrected chi connectivity index (χ0v) is 39.7. The molecule has 0 aromatic heterocycles. The lowest BCUT2D eigenvalue weighted by Crippen LogP contribution is -2.24. The average molecular weight is 813 g/mol. The number of unbranched alkanes of at least 4 members (excludes halogenated alkanes) is 37. The van der Waals surface area contributed by atoms with Crippen molar-refractivity contribution in [2.24, 2.45) is 0 Å². The van der Waals surface area contributed by atoms with Crippen molar-refractivity contribution < 1.29 is 9.59 Å². The topological polar surface area (TPSA) is 58.2 Å². The SMILES string of the molecule is CCCCCCCC/C=C\CCCCCCCCCCCCNC(=O)CCCCCCCCC(=O)NCCCCCCCCCCCC/C=C\CCCCCCCC. The van der Waals surface area contributed by atoms with Crippen LogP contribution in [0.15, 0.2) is 24.3 Å². The van der Waals surface area contributed by atoms with Crippen molar-refractivity contribution in [2.75, 3.05) is 13.1 Å². The number of hydrogen-bond acceptors (Lipinski definition) is 2. The van der Waals surface area contributed by atoms with Gasteiger partial charge >= 0.3 is 0 Å². The van der Waals surface area contributed by atoms with E-state index in [1.807, 2.05) is 0 Å². The molecule has 4 heteroatoms. The van der Waals surface area contributed by atoms with Crippen LogP contribution in [-0.4, -0.2) is 24.9 Å². The predicted molar refractivity (Wildman–Crippen MR) is 259 cm³/mol. The Balaban J connectivity index is 3.26. The lowest BCUT2D eigenvalue weighted by Gasteiger charge is -2.07. The van der Waals surface area contributed by atoms with Gasteiger partial charge in [0.1, 0.15) is 0 Å². The molecule has 0 aliphatic rings. The van der Waals surface area contributed by atoms with E-state index in [-0.39, 0.29) is 11.8 Å². The van der Waals surface area contributed by atoms with Gasteiger partial charge in [-0.1, -0.05) is 231 Å². The van der Waals surface area contributed by atoms with Crippen molar-refractivity contribution >= 4 is 11.8 Å². The summed E-state index contributed by atoms with van der Waals surface area (Å²) in [6.45, 7) is 6.25. The van der Waals surface area contributed by atoms with Crippen LogP contribution in [-0.2, 0) is 9.59 Å². The van der Waals surface area contributed by atoms with Crippen LogP contribution < -0.4 is 10.6 Å². The summed E-state index contributed by atoms with van der Waals surface area (Å²) in [5.74, 6) is 0.451. The monoisotopic (exact) mass is 813 g/mol. The molecule has 2 amide bonds. The molecular weight excluding hydrogens is 709 g/mol. The van der Waals surface area contributed by atoms with Crippen LogP contribution in [0.2, 0.25) is 0 Å². The summed E-state index contributed by atoms with van der Waals surface area (Å²) in [5.41, 5.74) is 0. The number of carbonyl (C=O) groups excluding carboxylic acids is 2. The fourth-order valence-electron chi connectivity index (χ4n) is 8.07. The van der Waals surface area contributed by atoms with E-state index in [1.54, 1.807) is 0 Å². The van der Waals surface area contributed by atoms with Crippen molar-refractivity contribution in [3.63, 3.8) is 0 Å². The highest BCUT2D eigenvalue weighted by molar-refractivity contribution is 5.76. The van der Waals surface area contributed by atoms with E-state index in [0.29, 0.717) is 12.8 Å². The molecule has 4 nitrogen and oxygen atoms in total. The highest BCUT2D eigenvalue weighted by Gasteiger charge is 2.03. The molecule has 0 unspecified atom stereocenters. The molecule has 0 bridgehead atoms. The first-order valence-corrected chi connectivity index (χ1v) is 26.5. The van der Waals surface area contributed by atoms with E-state index in [4.69, 9.17) is 0 Å². The molecule has 2 N–H and O–H groups in total. The van der Waals surface area contributed by atoms with Crippen LogP contribution in [0.1, 0.15) is 296 Å². The smallest absolute Gasteiger partial charge is 0.219 e. The van der Waals surface area contributed by atoms with Gasteiger partial charge in [-0.25, -0.2) is 0 Å². The third-order valence-electron chi connectivity index (χ3n) is 12.1. The van der Waals surface area contributed by atoms with Crippen molar-refractivity contribution in [2.45, 2.75) is 296 Å². The first-order chi connectivity index (χ1) is 28.7. The molecule has 0 heterocycles. The summed E-state index contributed by atoms with van der Waals surface area (Å²) >= 11 is 0. The number of rotatable bonds is 49. The second kappa shape index (κ2) is 51.6. The van der Waals surface area contributed by atoms with Gasteiger partial charge in [-0.15, -0.1) is 0 Å². The molecule has 0 saturated heterocycles. The molecule has 0 rings (SSSR count). The Hall–Kier alpha value is -1.58. The summed E-state index contributed by atoms with van der Waals surface area (Å²) in [5, 5.41) is 6.26. The van der Waals surface area contributed by atoms with Crippen LogP contribution >= 0.6 is 0 Å². The van der Waals surface area contributed by atoms with Gasteiger partial charge < -0.3 is 10.6 Å². The molecule has 0 spiro atoms. The van der Waals surface area contributed by atoms with Gasteiger partial charge in [0, 0.05) is 25.9 Å². The maximum atomic E-state index is 12.2. The summed E-state index contributed by atoms with van der Waals surface area (Å²) in [4.78, 5) is 24.4. The van der Waals surface area contributed by atoms with Gasteiger partial charge in [0.15, 0.2) is 0 Å². The van der Waals surface area contributed by atoms with Crippen LogP contribution in [0.4, 0.5) is 0 Å². The minimum Gasteiger partial charge on any atom is -0.356 e.